The summed E-state index contributed by atoms with van der Waals surface area (Å²) in [5.74, 6) is -38.2. The van der Waals surface area contributed by atoms with Crippen molar-refractivity contribution in [2.24, 2.45) is 0 Å². The fourth-order valence-electron chi connectivity index (χ4n) is 1.79. The van der Waals surface area contributed by atoms with Gasteiger partial charge in [-0.05, 0) is 17.7 Å². The lowest BCUT2D eigenvalue weighted by molar-refractivity contribution is -0.440. The third kappa shape index (κ3) is 3.32. The van der Waals surface area contributed by atoms with E-state index in [4.69, 9.17) is 16.7 Å². The van der Waals surface area contributed by atoms with Gasteiger partial charge in [0.2, 0.25) is 0 Å². The largest absolute Gasteiger partial charge is 0.508 e. The first kappa shape index (κ1) is 24.4. The molecule has 162 valence electrons. The summed E-state index contributed by atoms with van der Waals surface area (Å²) < 4.78 is 169. The highest BCUT2D eigenvalue weighted by atomic mass is 35.5. The molecule has 1 aromatic rings. The lowest BCUT2D eigenvalue weighted by atomic mass is 9.90. The van der Waals surface area contributed by atoms with E-state index in [0.717, 1.165) is 0 Å². The summed E-state index contributed by atoms with van der Waals surface area (Å²) >= 11 is 4.90. The van der Waals surface area contributed by atoms with E-state index in [1.54, 1.807) is 0 Å². The summed E-state index contributed by atoms with van der Waals surface area (Å²) in [4.78, 5) is 0. The van der Waals surface area contributed by atoms with E-state index < -0.39 is 52.5 Å². The van der Waals surface area contributed by atoms with Crippen molar-refractivity contribution in [3.63, 3.8) is 0 Å². The van der Waals surface area contributed by atoms with Crippen molar-refractivity contribution >= 4 is 11.6 Å². The zero-order valence-electron chi connectivity index (χ0n) is 12.6. The number of hydrogen-bond acceptors (Lipinski definition) is 1. The predicted molar refractivity (Wildman–Crippen MR) is 67.5 cm³/mol. The third-order valence-electron chi connectivity index (χ3n) is 3.46. The van der Waals surface area contributed by atoms with Crippen LogP contribution in [-0.2, 0) is 0 Å². The normalized spacial score (nSPS) is 16.2. The van der Waals surface area contributed by atoms with Gasteiger partial charge in [0.05, 0.1) is 0 Å². The van der Waals surface area contributed by atoms with E-state index in [0.29, 0.717) is 24.3 Å². The second-order valence-corrected chi connectivity index (χ2v) is 5.81. The Balaban J connectivity index is 3.50. The zero-order chi connectivity index (χ0) is 22.6. The van der Waals surface area contributed by atoms with Crippen molar-refractivity contribution < 1.29 is 62.2 Å². The summed E-state index contributed by atoms with van der Waals surface area (Å²) in [5, 5.41) is 5.34. The SMILES string of the molecule is Oc1ccc(C(Cl)C(F)(F)C(F)(F)C(F)(F)C(F)(F)C(F)(F)C(F)(F)F)cc1. The molecule has 0 amide bonds. The van der Waals surface area contributed by atoms with Crippen LogP contribution in [0.4, 0.5) is 57.1 Å². The lowest BCUT2D eigenvalue weighted by Gasteiger charge is -2.40. The van der Waals surface area contributed by atoms with E-state index in [2.05, 4.69) is 0 Å². The molecule has 0 aromatic heterocycles. The van der Waals surface area contributed by atoms with Crippen LogP contribution in [0.15, 0.2) is 24.3 Å². The van der Waals surface area contributed by atoms with Crippen molar-refractivity contribution in [2.45, 2.75) is 41.2 Å². The molecule has 0 heterocycles. The molecule has 1 unspecified atom stereocenters. The second-order valence-electron chi connectivity index (χ2n) is 5.37. The van der Waals surface area contributed by atoms with Gasteiger partial charge >= 0.3 is 35.8 Å². The maximum absolute atomic E-state index is 13.8. The van der Waals surface area contributed by atoms with Gasteiger partial charge in [-0.1, -0.05) is 12.1 Å². The molecule has 0 saturated carbocycles. The zero-order valence-corrected chi connectivity index (χ0v) is 13.4. The number of rotatable bonds is 6. The van der Waals surface area contributed by atoms with E-state index in [1.807, 2.05) is 0 Å². The fourth-order valence-corrected chi connectivity index (χ4v) is 2.08. The molecule has 0 aliphatic heterocycles. The molecule has 1 aromatic carbocycles. The molecule has 0 bridgehead atoms. The molecule has 1 rings (SSSR count). The smallest absolute Gasteiger partial charge is 0.460 e. The van der Waals surface area contributed by atoms with Gasteiger partial charge in [0, 0.05) is 0 Å². The fraction of sp³-hybridized carbons (Fsp3) is 0.538. The molecule has 0 radical (unpaired) electrons. The molecule has 0 aliphatic carbocycles. The van der Waals surface area contributed by atoms with Crippen LogP contribution in [0, 0.1) is 0 Å². The Bertz CT molecular complexity index is 695. The summed E-state index contributed by atoms with van der Waals surface area (Å²) in [5.41, 5.74) is -1.16. The standard InChI is InChI=1S/C13H6ClF13O/c14-7(5-1-3-6(28)4-2-5)8(15,16)9(17,18)10(19,20)11(21,22)12(23,24)13(25,26)27/h1-4,7,28H. The van der Waals surface area contributed by atoms with E-state index in [9.17, 15) is 57.1 Å². The maximum atomic E-state index is 13.8. The van der Waals surface area contributed by atoms with Crippen molar-refractivity contribution in [3.05, 3.63) is 29.8 Å². The van der Waals surface area contributed by atoms with Gasteiger partial charge in [0.25, 0.3) is 0 Å². The Morgan fingerprint density at radius 2 is 0.964 bits per heavy atom. The van der Waals surface area contributed by atoms with Crippen LogP contribution in [0.3, 0.4) is 0 Å². The summed E-state index contributed by atoms with van der Waals surface area (Å²) in [7, 11) is 0. The number of halogens is 14. The second kappa shape index (κ2) is 6.73. The molecule has 0 aliphatic rings. The molecule has 0 spiro atoms. The monoisotopic (exact) mass is 460 g/mol. The van der Waals surface area contributed by atoms with Crippen LogP contribution in [-0.4, -0.2) is 40.9 Å². The highest BCUT2D eigenvalue weighted by Gasteiger charge is 2.91. The van der Waals surface area contributed by atoms with Crippen LogP contribution in [0.25, 0.3) is 0 Å². The van der Waals surface area contributed by atoms with Crippen LogP contribution < -0.4 is 0 Å². The molecule has 1 N–H and O–H groups in total. The molecule has 28 heavy (non-hydrogen) atoms. The molecular formula is C13H6ClF13O. The van der Waals surface area contributed by atoms with Gasteiger partial charge in [-0.3, -0.25) is 0 Å². The minimum Gasteiger partial charge on any atom is -0.508 e. The molecule has 15 heteroatoms. The van der Waals surface area contributed by atoms with Gasteiger partial charge in [0.1, 0.15) is 11.1 Å². The highest BCUT2D eigenvalue weighted by Crippen LogP contribution is 2.62. The van der Waals surface area contributed by atoms with Crippen molar-refractivity contribution in [2.75, 3.05) is 0 Å². The molecule has 0 saturated heterocycles. The van der Waals surface area contributed by atoms with Crippen molar-refractivity contribution in [1.29, 1.82) is 0 Å². The summed E-state index contributed by atoms with van der Waals surface area (Å²) in [6, 6.07) is 1.84. The molecule has 0 fully saturated rings. The van der Waals surface area contributed by atoms with Gasteiger partial charge < -0.3 is 5.11 Å². The van der Waals surface area contributed by atoms with Crippen molar-refractivity contribution in [1.82, 2.24) is 0 Å². The number of benzene rings is 1. The number of phenols is 1. The van der Waals surface area contributed by atoms with Gasteiger partial charge in [0.15, 0.2) is 0 Å². The van der Waals surface area contributed by atoms with E-state index >= 15 is 0 Å². The van der Waals surface area contributed by atoms with E-state index in [1.165, 1.54) is 0 Å². The van der Waals surface area contributed by atoms with Crippen LogP contribution in [0.2, 0.25) is 0 Å². The highest BCUT2D eigenvalue weighted by molar-refractivity contribution is 6.21. The first-order valence-corrected chi connectivity index (χ1v) is 6.98. The molecule has 1 atom stereocenters. The Morgan fingerprint density at radius 3 is 1.32 bits per heavy atom. The molecule has 1 nitrogen and oxygen atoms in total. The Hall–Kier alpha value is -1.60. The number of phenolic OH excluding ortho intramolecular Hbond substituents is 1. The number of alkyl halides is 14. The first-order chi connectivity index (χ1) is 12.2. The average Bonchev–Trinajstić information content (AvgIpc) is 2.53. The summed E-state index contributed by atoms with van der Waals surface area (Å²) in [6.07, 6.45) is -7.47. The van der Waals surface area contributed by atoms with Crippen LogP contribution in [0.1, 0.15) is 10.9 Å². The van der Waals surface area contributed by atoms with Crippen LogP contribution >= 0.6 is 11.6 Å². The summed E-state index contributed by atoms with van der Waals surface area (Å²) in [6.45, 7) is 0. The lowest BCUT2D eigenvalue weighted by Crippen LogP contribution is -2.70. The van der Waals surface area contributed by atoms with E-state index in [-0.39, 0.29) is 0 Å². The van der Waals surface area contributed by atoms with Gasteiger partial charge in [-0.15, -0.1) is 11.6 Å². The number of aromatic hydroxyl groups is 1. The van der Waals surface area contributed by atoms with Gasteiger partial charge in [-0.2, -0.15) is 57.1 Å². The Morgan fingerprint density at radius 1 is 0.607 bits per heavy atom. The van der Waals surface area contributed by atoms with Gasteiger partial charge in [-0.25, -0.2) is 0 Å². The topological polar surface area (TPSA) is 20.2 Å². The molecular weight excluding hydrogens is 455 g/mol. The third-order valence-corrected chi connectivity index (χ3v) is 3.99. The Kier molecular flexibility index (Phi) is 5.87. The number of hydrogen-bond donors (Lipinski definition) is 1. The minimum absolute atomic E-state index is 0.373. The van der Waals surface area contributed by atoms with Crippen molar-refractivity contribution in [3.8, 4) is 5.75 Å². The quantitative estimate of drug-likeness (QED) is 0.384. The first-order valence-electron chi connectivity index (χ1n) is 6.55. The minimum atomic E-state index is -7.98. The van der Waals surface area contributed by atoms with Crippen LogP contribution in [0.5, 0.6) is 5.75 Å². The average molecular weight is 461 g/mol. The predicted octanol–water partition coefficient (Wildman–Crippen LogP) is 6.41. The maximum Gasteiger partial charge on any atom is 0.460 e. The Labute approximate surface area is 151 Å².